The molecular weight excluding hydrogens is 312 g/mol. The zero-order valence-corrected chi connectivity index (χ0v) is 13.7. The highest BCUT2D eigenvalue weighted by atomic mass is 32.2. The molecule has 0 saturated carbocycles. The van der Waals surface area contributed by atoms with E-state index in [1.807, 2.05) is 12.3 Å². The van der Waals surface area contributed by atoms with Crippen molar-refractivity contribution in [1.82, 2.24) is 15.0 Å². The standard InChI is InChI=1S/C16H18N4O2S/c1-23(21,22)10-11-4-7-20(9-11)14-3-6-17-13-8-19-16-12(15(13)14)2-5-18-16/h2-3,5-6,8,11,17H,4,7,9-10H2,1H3. The number of H-pyrrole nitrogens is 1. The molecule has 1 aliphatic rings. The van der Waals surface area contributed by atoms with Crippen LogP contribution < -0.4 is 4.90 Å². The molecule has 0 spiro atoms. The zero-order valence-electron chi connectivity index (χ0n) is 12.9. The highest BCUT2D eigenvalue weighted by Crippen LogP contribution is 2.34. The summed E-state index contributed by atoms with van der Waals surface area (Å²) in [5.41, 5.74) is 2.83. The number of anilines is 1. The number of pyridine rings is 2. The third kappa shape index (κ3) is 2.65. The minimum absolute atomic E-state index is 0.194. The molecule has 1 unspecified atom stereocenters. The van der Waals surface area contributed by atoms with Crippen molar-refractivity contribution in [1.29, 1.82) is 0 Å². The second-order valence-corrected chi connectivity index (χ2v) is 8.47. The zero-order chi connectivity index (χ0) is 16.0. The van der Waals surface area contributed by atoms with Crippen molar-refractivity contribution in [2.75, 3.05) is 30.0 Å². The van der Waals surface area contributed by atoms with Gasteiger partial charge in [-0.1, -0.05) is 0 Å². The average molecular weight is 330 g/mol. The van der Waals surface area contributed by atoms with E-state index in [1.54, 1.807) is 12.4 Å². The van der Waals surface area contributed by atoms with E-state index in [0.29, 0.717) is 0 Å². The van der Waals surface area contributed by atoms with E-state index < -0.39 is 9.84 Å². The van der Waals surface area contributed by atoms with Crippen molar-refractivity contribution in [2.24, 2.45) is 5.92 Å². The molecule has 3 aromatic heterocycles. The molecule has 1 saturated heterocycles. The van der Waals surface area contributed by atoms with Crippen LogP contribution >= 0.6 is 0 Å². The number of fused-ring (bicyclic) bond motifs is 3. The van der Waals surface area contributed by atoms with Gasteiger partial charge in [-0.3, -0.25) is 0 Å². The average Bonchev–Trinajstić information content (AvgIpc) is 3.13. The van der Waals surface area contributed by atoms with Crippen LogP contribution in [0.4, 0.5) is 5.69 Å². The van der Waals surface area contributed by atoms with Crippen LogP contribution in [0.25, 0.3) is 21.9 Å². The van der Waals surface area contributed by atoms with Crippen molar-refractivity contribution in [3.05, 3.63) is 30.7 Å². The van der Waals surface area contributed by atoms with Gasteiger partial charge in [0.1, 0.15) is 9.84 Å². The molecule has 0 radical (unpaired) electrons. The molecule has 23 heavy (non-hydrogen) atoms. The molecule has 7 heteroatoms. The predicted octanol–water partition coefficient (Wildman–Crippen LogP) is 1.98. The van der Waals surface area contributed by atoms with Crippen LogP contribution in [0, 0.1) is 5.92 Å². The first-order chi connectivity index (χ1) is 11.0. The third-order valence-electron chi connectivity index (χ3n) is 4.43. The van der Waals surface area contributed by atoms with Crippen LogP contribution in [-0.4, -0.2) is 48.5 Å². The maximum absolute atomic E-state index is 11.5. The second kappa shape index (κ2) is 5.19. The first-order valence-electron chi connectivity index (χ1n) is 7.65. The van der Waals surface area contributed by atoms with E-state index in [9.17, 15) is 8.42 Å². The monoisotopic (exact) mass is 330 g/mol. The first-order valence-corrected chi connectivity index (χ1v) is 9.71. The molecule has 0 bridgehead atoms. The number of hydrogen-bond acceptors (Lipinski definition) is 5. The molecule has 3 aromatic rings. The Bertz CT molecular complexity index is 980. The van der Waals surface area contributed by atoms with E-state index in [4.69, 9.17) is 0 Å². The van der Waals surface area contributed by atoms with Gasteiger partial charge in [0.25, 0.3) is 0 Å². The molecule has 1 fully saturated rings. The fourth-order valence-corrected chi connectivity index (χ4v) is 4.65. The van der Waals surface area contributed by atoms with Gasteiger partial charge in [-0.15, -0.1) is 0 Å². The lowest BCUT2D eigenvalue weighted by atomic mass is 10.1. The van der Waals surface area contributed by atoms with Crippen molar-refractivity contribution in [3.8, 4) is 0 Å². The van der Waals surface area contributed by atoms with Gasteiger partial charge in [0, 0.05) is 48.2 Å². The molecule has 1 atom stereocenters. The van der Waals surface area contributed by atoms with Gasteiger partial charge in [-0.2, -0.15) is 0 Å². The van der Waals surface area contributed by atoms with Crippen molar-refractivity contribution in [2.45, 2.75) is 6.42 Å². The smallest absolute Gasteiger partial charge is 0.159 e. The molecule has 0 amide bonds. The fourth-order valence-electron chi connectivity index (χ4n) is 3.52. The molecule has 1 aliphatic heterocycles. The van der Waals surface area contributed by atoms with Gasteiger partial charge < -0.3 is 9.88 Å². The summed E-state index contributed by atoms with van der Waals surface area (Å²) in [5.74, 6) is 0.453. The molecule has 0 aromatic carbocycles. The number of aromatic nitrogens is 3. The number of nitrogens with zero attached hydrogens (tertiary/aromatic N) is 3. The number of hydrogen-bond donors (Lipinski definition) is 1. The lowest BCUT2D eigenvalue weighted by Gasteiger charge is -2.21. The number of nitrogens with one attached hydrogen (secondary N) is 1. The topological polar surface area (TPSA) is 79.0 Å². The summed E-state index contributed by atoms with van der Waals surface area (Å²) in [5, 5.41) is 2.14. The number of rotatable bonds is 3. The van der Waals surface area contributed by atoms with E-state index in [-0.39, 0.29) is 11.7 Å². The lowest BCUT2D eigenvalue weighted by molar-refractivity contribution is 0.577. The van der Waals surface area contributed by atoms with Gasteiger partial charge in [0.05, 0.1) is 17.5 Å². The van der Waals surface area contributed by atoms with Crippen LogP contribution in [-0.2, 0) is 9.84 Å². The van der Waals surface area contributed by atoms with Crippen LogP contribution in [0.1, 0.15) is 6.42 Å². The summed E-state index contributed by atoms with van der Waals surface area (Å²) < 4.78 is 23.1. The summed E-state index contributed by atoms with van der Waals surface area (Å²) in [4.78, 5) is 14.1. The summed E-state index contributed by atoms with van der Waals surface area (Å²) in [6.07, 6.45) is 7.70. The van der Waals surface area contributed by atoms with Gasteiger partial charge in [-0.25, -0.2) is 18.4 Å². The lowest BCUT2D eigenvalue weighted by Crippen LogP contribution is -2.22. The summed E-state index contributed by atoms with van der Waals surface area (Å²) in [6.45, 7) is 1.64. The minimum Gasteiger partial charge on any atom is -0.371 e. The first kappa shape index (κ1) is 14.4. The van der Waals surface area contributed by atoms with Crippen LogP contribution in [0.2, 0.25) is 0 Å². The summed E-state index contributed by atoms with van der Waals surface area (Å²) >= 11 is 0. The minimum atomic E-state index is -2.93. The van der Waals surface area contributed by atoms with Crippen LogP contribution in [0.5, 0.6) is 0 Å². The Hall–Kier alpha value is -2.15. The molecule has 0 aliphatic carbocycles. The second-order valence-electron chi connectivity index (χ2n) is 6.29. The summed E-state index contributed by atoms with van der Waals surface area (Å²) in [7, 11) is -2.93. The number of sulfone groups is 1. The molecule has 1 N–H and O–H groups in total. The van der Waals surface area contributed by atoms with E-state index in [0.717, 1.165) is 47.1 Å². The highest BCUT2D eigenvalue weighted by molar-refractivity contribution is 7.90. The SMILES string of the molecule is CS(=O)(=O)CC1CCN(c2cc[nH]c3cnc4nccc4c23)C1. The molecule has 4 heterocycles. The normalized spacial score (nSPS) is 19.0. The Balaban J connectivity index is 1.76. The maximum atomic E-state index is 11.5. The Morgan fingerprint density at radius 2 is 2.22 bits per heavy atom. The third-order valence-corrected chi connectivity index (χ3v) is 5.51. The number of aromatic amines is 1. The molecule has 120 valence electrons. The van der Waals surface area contributed by atoms with Crippen molar-refractivity contribution < 1.29 is 8.42 Å². The Morgan fingerprint density at radius 1 is 1.35 bits per heavy atom. The molecular formula is C16H18N4O2S. The van der Waals surface area contributed by atoms with Gasteiger partial charge in [0.2, 0.25) is 0 Å². The van der Waals surface area contributed by atoms with Crippen LogP contribution in [0.3, 0.4) is 0 Å². The Labute approximate surface area is 134 Å². The highest BCUT2D eigenvalue weighted by Gasteiger charge is 2.27. The molecule has 4 rings (SSSR count). The largest absolute Gasteiger partial charge is 0.371 e. The van der Waals surface area contributed by atoms with Gasteiger partial charge in [-0.05, 0) is 24.5 Å². The fraction of sp³-hybridized carbons (Fsp3) is 0.375. The quantitative estimate of drug-likeness (QED) is 0.794. The van der Waals surface area contributed by atoms with Crippen molar-refractivity contribution in [3.63, 3.8) is 0 Å². The predicted molar refractivity (Wildman–Crippen MR) is 91.4 cm³/mol. The Morgan fingerprint density at radius 3 is 3.04 bits per heavy atom. The van der Waals surface area contributed by atoms with Gasteiger partial charge in [0.15, 0.2) is 5.65 Å². The maximum Gasteiger partial charge on any atom is 0.159 e. The summed E-state index contributed by atoms with van der Waals surface area (Å²) in [6, 6.07) is 4.03. The van der Waals surface area contributed by atoms with E-state index in [1.165, 1.54) is 6.26 Å². The molecule has 6 nitrogen and oxygen atoms in total. The van der Waals surface area contributed by atoms with E-state index in [2.05, 4.69) is 25.9 Å². The Kier molecular flexibility index (Phi) is 3.26. The van der Waals surface area contributed by atoms with Crippen molar-refractivity contribution >= 4 is 37.5 Å². The van der Waals surface area contributed by atoms with Crippen LogP contribution in [0.15, 0.2) is 30.7 Å². The van der Waals surface area contributed by atoms with Gasteiger partial charge >= 0.3 is 0 Å². The van der Waals surface area contributed by atoms with E-state index >= 15 is 0 Å².